The number of hydrogen-bond donors (Lipinski definition) is 0. The minimum Gasteiger partial charge on any atom is -0.309 e. The van der Waals surface area contributed by atoms with Crippen molar-refractivity contribution in [2.24, 2.45) is 0 Å². The maximum Gasteiger partial charge on any atom is 0.160 e. The van der Waals surface area contributed by atoms with Gasteiger partial charge < -0.3 is 9.13 Å². The van der Waals surface area contributed by atoms with E-state index in [1.807, 2.05) is 12.1 Å². The Balaban J connectivity index is 0.963. The monoisotopic (exact) mass is 790 g/mol. The zero-order valence-corrected chi connectivity index (χ0v) is 33.7. The summed E-state index contributed by atoms with van der Waals surface area (Å²) in [6, 6.07) is 82.2. The van der Waals surface area contributed by atoms with Gasteiger partial charge in [0, 0.05) is 49.6 Å². The SMILES string of the molecule is c1ccc(-c2cccc(-n3c4ccccc4c4cc(-c5ccc6c7ccccc7n(-c7ccc(-c8nc(-c9ccccc9)cc(-c9ccccc9)n8)cc7)c6c5)ccc43)c2)cc1. The molecule has 0 unspecified atom stereocenters. The number of para-hydroxylation sites is 2. The molecule has 12 rings (SSSR count). The standard InChI is InChI=1S/C58H38N4/c1-4-15-39(16-5-1)43-21-14-22-47(35-43)62-55-26-13-11-24-49(55)51-36-44(30-34-56(51)62)45-29-33-50-48-23-10-12-25-54(48)61(57(50)37-45)46-31-27-42(28-32-46)58-59-52(40-17-6-2-7-18-40)38-53(60-58)41-19-8-3-9-20-41/h1-38H. The van der Waals surface area contributed by atoms with E-state index >= 15 is 0 Å². The summed E-state index contributed by atoms with van der Waals surface area (Å²) >= 11 is 0. The molecule has 3 heterocycles. The minimum absolute atomic E-state index is 0.696. The third kappa shape index (κ3) is 6.08. The number of aromatic nitrogens is 4. The Morgan fingerprint density at radius 2 is 0.710 bits per heavy atom. The molecule has 9 aromatic carbocycles. The highest BCUT2D eigenvalue weighted by Gasteiger charge is 2.17. The van der Waals surface area contributed by atoms with Crippen molar-refractivity contribution in [1.29, 1.82) is 0 Å². The summed E-state index contributed by atoms with van der Waals surface area (Å²) in [4.78, 5) is 10.2. The van der Waals surface area contributed by atoms with Crippen molar-refractivity contribution in [3.63, 3.8) is 0 Å². The van der Waals surface area contributed by atoms with Gasteiger partial charge in [0.25, 0.3) is 0 Å². The van der Waals surface area contributed by atoms with Crippen molar-refractivity contribution in [3.8, 4) is 67.5 Å². The van der Waals surface area contributed by atoms with Gasteiger partial charge in [-0.2, -0.15) is 0 Å². The second kappa shape index (κ2) is 14.7. The van der Waals surface area contributed by atoms with Gasteiger partial charge in [0.2, 0.25) is 0 Å². The van der Waals surface area contributed by atoms with Crippen molar-refractivity contribution in [2.75, 3.05) is 0 Å². The second-order valence-corrected chi connectivity index (χ2v) is 15.8. The van der Waals surface area contributed by atoms with Gasteiger partial charge in [0.1, 0.15) is 0 Å². The van der Waals surface area contributed by atoms with Gasteiger partial charge >= 0.3 is 0 Å². The quantitative estimate of drug-likeness (QED) is 0.161. The first-order valence-electron chi connectivity index (χ1n) is 21.1. The minimum atomic E-state index is 0.696. The molecule has 0 N–H and O–H groups in total. The maximum atomic E-state index is 5.09. The first kappa shape index (κ1) is 35.6. The first-order chi connectivity index (χ1) is 30.7. The van der Waals surface area contributed by atoms with E-state index in [0.717, 1.165) is 50.5 Å². The molecule has 0 aliphatic rings. The van der Waals surface area contributed by atoms with Crippen LogP contribution in [0.25, 0.3) is 111 Å². The van der Waals surface area contributed by atoms with E-state index in [-0.39, 0.29) is 0 Å². The van der Waals surface area contributed by atoms with E-state index in [9.17, 15) is 0 Å². The molecule has 12 aromatic rings. The summed E-state index contributed by atoms with van der Waals surface area (Å²) in [6.07, 6.45) is 0. The number of fused-ring (bicyclic) bond motifs is 6. The lowest BCUT2D eigenvalue weighted by Crippen LogP contribution is -1.97. The molecule has 0 amide bonds. The van der Waals surface area contributed by atoms with Gasteiger partial charge in [-0.15, -0.1) is 0 Å². The Kier molecular flexibility index (Phi) is 8.46. The van der Waals surface area contributed by atoms with E-state index in [1.54, 1.807) is 0 Å². The van der Waals surface area contributed by atoms with Gasteiger partial charge in [-0.3, -0.25) is 0 Å². The van der Waals surface area contributed by atoms with E-state index in [4.69, 9.17) is 9.97 Å². The molecule has 0 bridgehead atoms. The molecule has 290 valence electrons. The highest BCUT2D eigenvalue weighted by Crippen LogP contribution is 2.39. The van der Waals surface area contributed by atoms with Crippen LogP contribution in [0.15, 0.2) is 231 Å². The molecule has 4 heteroatoms. The molecule has 0 aliphatic carbocycles. The Morgan fingerprint density at radius 3 is 1.37 bits per heavy atom. The summed E-state index contributed by atoms with van der Waals surface area (Å²) in [5.41, 5.74) is 16.6. The molecule has 0 saturated carbocycles. The van der Waals surface area contributed by atoms with Crippen molar-refractivity contribution in [3.05, 3.63) is 231 Å². The van der Waals surface area contributed by atoms with Crippen molar-refractivity contribution in [2.45, 2.75) is 0 Å². The van der Waals surface area contributed by atoms with Crippen molar-refractivity contribution >= 4 is 43.6 Å². The molecule has 0 aliphatic heterocycles. The van der Waals surface area contributed by atoms with Gasteiger partial charge in [0.05, 0.1) is 33.5 Å². The van der Waals surface area contributed by atoms with Crippen LogP contribution in [-0.4, -0.2) is 19.1 Å². The van der Waals surface area contributed by atoms with Crippen LogP contribution in [0, 0.1) is 0 Å². The lowest BCUT2D eigenvalue weighted by atomic mass is 10.0. The average Bonchev–Trinajstić information content (AvgIpc) is 3.87. The van der Waals surface area contributed by atoms with E-state index in [1.165, 1.54) is 54.8 Å². The third-order valence-corrected chi connectivity index (χ3v) is 12.1. The Bertz CT molecular complexity index is 3550. The summed E-state index contributed by atoms with van der Waals surface area (Å²) in [7, 11) is 0. The molecule has 0 fully saturated rings. The maximum absolute atomic E-state index is 5.09. The van der Waals surface area contributed by atoms with Crippen LogP contribution >= 0.6 is 0 Å². The Labute approximate surface area is 359 Å². The lowest BCUT2D eigenvalue weighted by molar-refractivity contribution is 1.16. The fourth-order valence-corrected chi connectivity index (χ4v) is 9.16. The van der Waals surface area contributed by atoms with Crippen LogP contribution in [0.3, 0.4) is 0 Å². The van der Waals surface area contributed by atoms with Crippen LogP contribution in [0.5, 0.6) is 0 Å². The number of hydrogen-bond acceptors (Lipinski definition) is 2. The normalized spacial score (nSPS) is 11.5. The largest absolute Gasteiger partial charge is 0.309 e. The Morgan fingerprint density at radius 1 is 0.242 bits per heavy atom. The molecule has 0 radical (unpaired) electrons. The predicted molar refractivity (Wildman–Crippen MR) is 258 cm³/mol. The number of rotatable bonds is 7. The summed E-state index contributed by atoms with van der Waals surface area (Å²) in [5.74, 6) is 0.696. The molecule has 62 heavy (non-hydrogen) atoms. The zero-order valence-electron chi connectivity index (χ0n) is 33.7. The van der Waals surface area contributed by atoms with Gasteiger partial charge in [-0.25, -0.2) is 9.97 Å². The van der Waals surface area contributed by atoms with Gasteiger partial charge in [-0.05, 0) is 95.1 Å². The highest BCUT2D eigenvalue weighted by molar-refractivity contribution is 6.12. The average molecular weight is 791 g/mol. The molecule has 3 aromatic heterocycles. The van der Waals surface area contributed by atoms with Crippen molar-refractivity contribution in [1.82, 2.24) is 19.1 Å². The molecule has 0 saturated heterocycles. The smallest absolute Gasteiger partial charge is 0.160 e. The number of benzene rings is 9. The topological polar surface area (TPSA) is 35.6 Å². The van der Waals surface area contributed by atoms with Crippen LogP contribution in [0.2, 0.25) is 0 Å². The van der Waals surface area contributed by atoms with Crippen LogP contribution < -0.4 is 0 Å². The zero-order chi connectivity index (χ0) is 41.0. The molecular formula is C58H38N4. The summed E-state index contributed by atoms with van der Waals surface area (Å²) < 4.78 is 4.79. The molecular weight excluding hydrogens is 753 g/mol. The Hall–Kier alpha value is -8.34. The highest BCUT2D eigenvalue weighted by atomic mass is 15.0. The first-order valence-corrected chi connectivity index (χ1v) is 21.1. The van der Waals surface area contributed by atoms with Gasteiger partial charge in [0.15, 0.2) is 5.82 Å². The van der Waals surface area contributed by atoms with E-state index in [2.05, 4.69) is 228 Å². The van der Waals surface area contributed by atoms with E-state index < -0.39 is 0 Å². The summed E-state index contributed by atoms with van der Waals surface area (Å²) in [6.45, 7) is 0. The summed E-state index contributed by atoms with van der Waals surface area (Å²) in [5, 5.41) is 4.91. The van der Waals surface area contributed by atoms with E-state index in [0.29, 0.717) is 5.82 Å². The molecule has 4 nitrogen and oxygen atoms in total. The fourth-order valence-electron chi connectivity index (χ4n) is 9.16. The van der Waals surface area contributed by atoms with Crippen LogP contribution in [0.1, 0.15) is 0 Å². The molecule has 0 spiro atoms. The third-order valence-electron chi connectivity index (χ3n) is 12.1. The molecule has 0 atom stereocenters. The lowest BCUT2D eigenvalue weighted by Gasteiger charge is -2.12. The van der Waals surface area contributed by atoms with Crippen LogP contribution in [-0.2, 0) is 0 Å². The number of nitrogens with zero attached hydrogens (tertiary/aromatic N) is 4. The van der Waals surface area contributed by atoms with Crippen molar-refractivity contribution < 1.29 is 0 Å². The fraction of sp³-hybridized carbons (Fsp3) is 0. The second-order valence-electron chi connectivity index (χ2n) is 15.8. The van der Waals surface area contributed by atoms with Gasteiger partial charge in [-0.1, -0.05) is 158 Å². The van der Waals surface area contributed by atoms with Crippen LogP contribution in [0.4, 0.5) is 0 Å². The predicted octanol–water partition coefficient (Wildman–Crippen LogP) is 15.0.